The van der Waals surface area contributed by atoms with E-state index in [0.29, 0.717) is 22.6 Å². The van der Waals surface area contributed by atoms with E-state index in [1.807, 2.05) is 0 Å². The molecule has 0 aliphatic heterocycles. The SMILES string of the molecule is COCCn1c(Cc2cc(F)c(-c3cccc(OCc4cnc(Cl)cc4OC)n3)cc2F)nc2c(F)cc(C(=O)O)cc21.COCCn1c(Cc2cc(F)c(-c3cccc(OCc4cnc(Cl)cc4OC)n3)cc2F)nc2c(F)cc(C(=O)O)cc21. The summed E-state index contributed by atoms with van der Waals surface area (Å²) >= 11 is 11.8. The highest BCUT2D eigenvalue weighted by atomic mass is 35.5. The number of rotatable bonds is 22. The molecule has 0 saturated carbocycles. The van der Waals surface area contributed by atoms with Crippen molar-refractivity contribution < 1.29 is 74.6 Å². The Kier molecular flexibility index (Phi) is 19.3. The van der Waals surface area contributed by atoms with Crippen LogP contribution in [0.15, 0.2) is 109 Å². The van der Waals surface area contributed by atoms with Crippen molar-refractivity contribution in [2.75, 3.05) is 41.7 Å². The van der Waals surface area contributed by atoms with Crippen LogP contribution in [0.2, 0.25) is 10.3 Å². The Hall–Kier alpha value is -9.36. The molecular weight excluding hydrogens is 1180 g/mol. The van der Waals surface area contributed by atoms with E-state index in [2.05, 4.69) is 29.9 Å². The number of nitrogens with zero attached hydrogens (tertiary/aromatic N) is 8. The normalized spacial score (nSPS) is 11.2. The summed E-state index contributed by atoms with van der Waals surface area (Å²) in [4.78, 5) is 48.2. The van der Waals surface area contributed by atoms with Crippen LogP contribution in [0.4, 0.5) is 26.3 Å². The van der Waals surface area contributed by atoms with E-state index < -0.39 is 46.8 Å². The van der Waals surface area contributed by atoms with Crippen molar-refractivity contribution in [1.82, 2.24) is 39.0 Å². The number of benzene rings is 4. The zero-order valence-corrected chi connectivity index (χ0v) is 47.3. The van der Waals surface area contributed by atoms with Gasteiger partial charge in [0.05, 0.1) is 61.0 Å². The molecule has 0 amide bonds. The Morgan fingerprint density at radius 2 is 0.907 bits per heavy atom. The third kappa shape index (κ3) is 13.9. The third-order valence-electron chi connectivity index (χ3n) is 13.3. The predicted molar refractivity (Wildman–Crippen MR) is 302 cm³/mol. The molecule has 0 unspecified atom stereocenters. The average Bonchev–Trinajstić information content (AvgIpc) is 1.82. The van der Waals surface area contributed by atoms with Crippen molar-refractivity contribution in [1.29, 1.82) is 0 Å². The molecule has 10 aromatic rings. The first-order valence-corrected chi connectivity index (χ1v) is 26.5. The number of hydrogen-bond acceptors (Lipinski definition) is 14. The molecule has 0 fully saturated rings. The lowest BCUT2D eigenvalue weighted by Gasteiger charge is -2.12. The number of methoxy groups -OCH3 is 4. The molecule has 18 nitrogen and oxygen atoms in total. The molecule has 444 valence electrons. The maximum absolute atomic E-state index is 15.4. The van der Waals surface area contributed by atoms with Crippen LogP contribution < -0.4 is 18.9 Å². The van der Waals surface area contributed by atoms with E-state index in [-0.39, 0.29) is 153 Å². The second kappa shape index (κ2) is 27.1. The number of halogens is 8. The van der Waals surface area contributed by atoms with Crippen LogP contribution in [0.3, 0.4) is 0 Å². The highest BCUT2D eigenvalue weighted by Gasteiger charge is 2.24. The number of aromatic nitrogens is 8. The number of ether oxygens (including phenoxy) is 6. The topological polar surface area (TPSA) is 217 Å². The quantitative estimate of drug-likeness (QED) is 0.0476. The number of carbonyl (C=O) groups is 2. The molecule has 4 aromatic carbocycles. The maximum Gasteiger partial charge on any atom is 0.335 e. The van der Waals surface area contributed by atoms with Gasteiger partial charge in [-0.1, -0.05) is 35.3 Å². The summed E-state index contributed by atoms with van der Waals surface area (Å²) in [6.45, 7) is 0.830. The number of pyridine rings is 4. The number of hydrogen-bond donors (Lipinski definition) is 2. The average molecular weight is 1230 g/mol. The van der Waals surface area contributed by atoms with Crippen molar-refractivity contribution in [3.8, 4) is 45.8 Å². The predicted octanol–water partition coefficient (Wildman–Crippen LogP) is 12.2. The molecule has 10 rings (SSSR count). The molecule has 0 spiro atoms. The lowest BCUT2D eigenvalue weighted by atomic mass is 10.0. The zero-order chi connectivity index (χ0) is 61.3. The van der Waals surface area contributed by atoms with Gasteiger partial charge in [-0.25, -0.2) is 65.8 Å². The van der Waals surface area contributed by atoms with Gasteiger partial charge in [-0.15, -0.1) is 0 Å². The van der Waals surface area contributed by atoms with Crippen LogP contribution in [-0.2, 0) is 48.6 Å². The van der Waals surface area contributed by atoms with Crippen LogP contribution >= 0.6 is 23.2 Å². The summed E-state index contributed by atoms with van der Waals surface area (Å²) in [5, 5.41) is 19.2. The highest BCUT2D eigenvalue weighted by molar-refractivity contribution is 6.29. The summed E-state index contributed by atoms with van der Waals surface area (Å²) in [7, 11) is 5.90. The summed E-state index contributed by atoms with van der Waals surface area (Å²) < 4.78 is 126. The maximum atomic E-state index is 15.4. The molecular formula is C60H48Cl2F6N8O10. The second-order valence-corrected chi connectivity index (χ2v) is 19.5. The molecule has 6 heterocycles. The van der Waals surface area contributed by atoms with Crippen molar-refractivity contribution in [3.63, 3.8) is 0 Å². The molecule has 0 bridgehead atoms. The number of imidazole rings is 2. The van der Waals surface area contributed by atoms with Gasteiger partial charge in [-0.2, -0.15) is 0 Å². The van der Waals surface area contributed by atoms with Crippen LogP contribution in [0.25, 0.3) is 44.6 Å². The number of aromatic carboxylic acids is 2. The van der Waals surface area contributed by atoms with E-state index in [4.69, 9.17) is 51.6 Å². The van der Waals surface area contributed by atoms with Gasteiger partial charge in [-0.05, 0) is 71.8 Å². The van der Waals surface area contributed by atoms with Gasteiger partial charge in [0, 0.05) is 99.1 Å². The smallest absolute Gasteiger partial charge is 0.335 e. The van der Waals surface area contributed by atoms with Crippen molar-refractivity contribution >= 4 is 57.2 Å². The summed E-state index contributed by atoms with van der Waals surface area (Å²) in [5.74, 6) is -5.58. The standard InChI is InChI=1S/2C30H24ClF3N4O5/c2*1-41-7-6-38-24-10-17(30(39)40)9-22(34)29(24)37-27(38)11-16-8-21(33)19(12-20(16)32)23-4-3-5-28(36-23)43-15-18-14-35-26(31)13-25(18)42-2/h2*3-5,8-10,12-14H,6-7,11,15H2,1-2H3,(H,39,40). The summed E-state index contributed by atoms with van der Waals surface area (Å²) in [5.41, 5.74) is 0.937. The molecule has 26 heteroatoms. The van der Waals surface area contributed by atoms with E-state index in [0.717, 1.165) is 36.4 Å². The van der Waals surface area contributed by atoms with Crippen molar-refractivity contribution in [2.24, 2.45) is 0 Å². The Labute approximate surface area is 495 Å². The van der Waals surface area contributed by atoms with Gasteiger partial charge < -0.3 is 47.8 Å². The number of fused-ring (bicyclic) bond motifs is 2. The summed E-state index contributed by atoms with van der Waals surface area (Å²) in [6, 6.07) is 20.9. The molecule has 0 atom stereocenters. The highest BCUT2D eigenvalue weighted by Crippen LogP contribution is 2.33. The van der Waals surface area contributed by atoms with Crippen LogP contribution in [0, 0.1) is 34.9 Å². The lowest BCUT2D eigenvalue weighted by Crippen LogP contribution is -2.10. The first-order chi connectivity index (χ1) is 41.4. The van der Waals surface area contributed by atoms with Crippen molar-refractivity contribution in [2.45, 2.75) is 39.1 Å². The minimum absolute atomic E-state index is 0.0381. The Balaban J connectivity index is 0.000000205. The fraction of sp³-hybridized carbons (Fsp3) is 0.200. The summed E-state index contributed by atoms with van der Waals surface area (Å²) in [6.07, 6.45) is 2.61. The minimum atomic E-state index is -1.31. The van der Waals surface area contributed by atoms with E-state index in [9.17, 15) is 28.6 Å². The van der Waals surface area contributed by atoms with E-state index in [1.54, 1.807) is 36.4 Å². The molecule has 0 aliphatic carbocycles. The van der Waals surface area contributed by atoms with Crippen LogP contribution in [0.1, 0.15) is 54.6 Å². The van der Waals surface area contributed by atoms with Crippen molar-refractivity contribution in [3.05, 3.63) is 200 Å². The van der Waals surface area contributed by atoms with Gasteiger partial charge in [0.25, 0.3) is 0 Å². The largest absolute Gasteiger partial charge is 0.496 e. The first kappa shape index (κ1) is 61.2. The van der Waals surface area contributed by atoms with Crippen LogP contribution in [-0.4, -0.2) is 103 Å². The van der Waals surface area contributed by atoms with Gasteiger partial charge in [0.1, 0.15) is 81.0 Å². The van der Waals surface area contributed by atoms with Gasteiger partial charge in [0.2, 0.25) is 11.8 Å². The lowest BCUT2D eigenvalue weighted by molar-refractivity contribution is 0.0686. The third-order valence-corrected chi connectivity index (χ3v) is 13.7. The molecule has 86 heavy (non-hydrogen) atoms. The molecule has 0 saturated heterocycles. The molecule has 0 radical (unpaired) electrons. The molecule has 6 aromatic heterocycles. The first-order valence-electron chi connectivity index (χ1n) is 25.7. The minimum Gasteiger partial charge on any atom is -0.496 e. The van der Waals surface area contributed by atoms with Gasteiger partial charge in [-0.3, -0.25) is 0 Å². The fourth-order valence-corrected chi connectivity index (χ4v) is 9.39. The molecule has 0 aliphatic rings. The van der Waals surface area contributed by atoms with Gasteiger partial charge in [0.15, 0.2) is 11.6 Å². The fourth-order valence-electron chi connectivity index (χ4n) is 9.09. The Morgan fingerprint density at radius 1 is 0.500 bits per heavy atom. The Morgan fingerprint density at radius 3 is 1.28 bits per heavy atom. The Bertz CT molecular complexity index is 3930. The second-order valence-electron chi connectivity index (χ2n) is 18.7. The monoisotopic (exact) mass is 1220 g/mol. The van der Waals surface area contributed by atoms with Gasteiger partial charge >= 0.3 is 11.9 Å². The van der Waals surface area contributed by atoms with E-state index in [1.165, 1.54) is 74.2 Å². The zero-order valence-electron chi connectivity index (χ0n) is 45.8. The van der Waals surface area contributed by atoms with Crippen LogP contribution in [0.5, 0.6) is 23.3 Å². The molecule has 2 N–H and O–H groups in total. The number of carboxylic acid groups (broad SMARTS) is 2. The number of carboxylic acids is 2. The van der Waals surface area contributed by atoms with E-state index >= 15 is 17.6 Å².